The third kappa shape index (κ3) is 7.11. The number of nitrogen functional groups attached to an aromatic ring is 1. The Morgan fingerprint density at radius 3 is 2.24 bits per heavy atom. The molecule has 0 fully saturated rings. The summed E-state index contributed by atoms with van der Waals surface area (Å²) in [6.45, 7) is 0. The number of amides is 1. The van der Waals surface area contributed by atoms with Crippen LogP contribution in [-0.2, 0) is 4.79 Å². The first kappa shape index (κ1) is 31.2. The molecule has 0 radical (unpaired) electrons. The van der Waals surface area contributed by atoms with E-state index >= 15 is 0 Å². The molecule has 5 aromatic rings. The number of hydrogen-bond acceptors (Lipinski definition) is 12. The molecule has 2 heterocycles. The SMILES string of the molecule is COc1ccc(C=CC(=O)Nc2cccc(-c3csc(-c4sc(Nc5cc(OC)c(OC)c(OC)c5)nc4N)n3)c2)cc1OC. The maximum absolute atomic E-state index is 12.7. The van der Waals surface area contributed by atoms with Crippen molar-refractivity contribution in [3.63, 3.8) is 0 Å². The Morgan fingerprint density at radius 2 is 1.56 bits per heavy atom. The molecule has 5 rings (SSSR count). The van der Waals surface area contributed by atoms with Crippen molar-refractivity contribution in [1.29, 1.82) is 0 Å². The van der Waals surface area contributed by atoms with Gasteiger partial charge < -0.3 is 40.1 Å². The van der Waals surface area contributed by atoms with Crippen LogP contribution in [0.4, 0.5) is 22.3 Å². The molecule has 0 atom stereocenters. The number of hydrogen-bond donors (Lipinski definition) is 3. The molecule has 45 heavy (non-hydrogen) atoms. The molecule has 0 aliphatic heterocycles. The van der Waals surface area contributed by atoms with Gasteiger partial charge in [-0.2, -0.15) is 0 Å². The highest BCUT2D eigenvalue weighted by Crippen LogP contribution is 2.43. The lowest BCUT2D eigenvalue weighted by Gasteiger charge is -2.14. The van der Waals surface area contributed by atoms with Crippen LogP contribution in [0.3, 0.4) is 0 Å². The van der Waals surface area contributed by atoms with E-state index in [-0.39, 0.29) is 5.91 Å². The third-order valence-corrected chi connectivity index (χ3v) is 8.51. The maximum atomic E-state index is 12.7. The van der Waals surface area contributed by atoms with E-state index in [0.29, 0.717) is 51.1 Å². The van der Waals surface area contributed by atoms with Gasteiger partial charge in [-0.15, -0.1) is 11.3 Å². The summed E-state index contributed by atoms with van der Waals surface area (Å²) in [5, 5.41) is 9.42. The molecule has 232 valence electrons. The van der Waals surface area contributed by atoms with Crippen molar-refractivity contribution in [2.75, 3.05) is 51.9 Å². The molecule has 13 heteroatoms. The minimum absolute atomic E-state index is 0.273. The van der Waals surface area contributed by atoms with Gasteiger partial charge in [-0.1, -0.05) is 29.5 Å². The van der Waals surface area contributed by atoms with Crippen LogP contribution < -0.4 is 40.1 Å². The number of rotatable bonds is 12. The van der Waals surface area contributed by atoms with Gasteiger partial charge in [-0.25, -0.2) is 9.97 Å². The van der Waals surface area contributed by atoms with Crippen molar-refractivity contribution < 1.29 is 28.5 Å². The van der Waals surface area contributed by atoms with Crippen LogP contribution in [0, 0.1) is 0 Å². The molecular formula is C32H31N5O6S2. The number of thiazole rings is 2. The fourth-order valence-corrected chi connectivity index (χ4v) is 6.23. The van der Waals surface area contributed by atoms with Gasteiger partial charge in [0, 0.05) is 40.5 Å². The number of methoxy groups -OCH3 is 5. The highest BCUT2D eigenvalue weighted by Gasteiger charge is 2.18. The van der Waals surface area contributed by atoms with Gasteiger partial charge in [0.05, 0.1) is 41.2 Å². The Bertz CT molecular complexity index is 1830. The van der Waals surface area contributed by atoms with E-state index < -0.39 is 0 Å². The normalized spacial score (nSPS) is 10.9. The Morgan fingerprint density at radius 1 is 0.822 bits per heavy atom. The van der Waals surface area contributed by atoms with Crippen LogP contribution in [0.1, 0.15) is 5.56 Å². The van der Waals surface area contributed by atoms with Gasteiger partial charge in [-0.05, 0) is 35.9 Å². The van der Waals surface area contributed by atoms with Crippen molar-refractivity contribution in [2.45, 2.75) is 0 Å². The second kappa shape index (κ2) is 14.0. The molecule has 0 spiro atoms. The van der Waals surface area contributed by atoms with Crippen molar-refractivity contribution in [2.24, 2.45) is 0 Å². The summed E-state index contributed by atoms with van der Waals surface area (Å²) >= 11 is 2.84. The van der Waals surface area contributed by atoms with Gasteiger partial charge >= 0.3 is 0 Å². The number of carbonyl (C=O) groups excluding carboxylic acids is 1. The Kier molecular flexibility index (Phi) is 9.70. The molecule has 0 bridgehead atoms. The molecule has 11 nitrogen and oxygen atoms in total. The quantitative estimate of drug-likeness (QED) is 0.122. The van der Waals surface area contributed by atoms with Crippen LogP contribution >= 0.6 is 22.7 Å². The first-order valence-electron chi connectivity index (χ1n) is 13.5. The summed E-state index contributed by atoms with van der Waals surface area (Å²) in [6, 6.07) is 16.5. The predicted molar refractivity (Wildman–Crippen MR) is 180 cm³/mol. The molecule has 1 amide bonds. The molecule has 2 aromatic heterocycles. The molecule has 0 aliphatic rings. The van der Waals surface area contributed by atoms with Gasteiger partial charge in [0.1, 0.15) is 15.7 Å². The smallest absolute Gasteiger partial charge is 0.248 e. The van der Waals surface area contributed by atoms with E-state index in [4.69, 9.17) is 34.4 Å². The summed E-state index contributed by atoms with van der Waals surface area (Å²) in [6.07, 6.45) is 3.17. The zero-order chi connectivity index (χ0) is 31.9. The van der Waals surface area contributed by atoms with Crippen molar-refractivity contribution in [3.05, 3.63) is 71.6 Å². The zero-order valence-electron chi connectivity index (χ0n) is 25.2. The second-order valence-electron chi connectivity index (χ2n) is 9.33. The monoisotopic (exact) mass is 645 g/mol. The number of anilines is 4. The summed E-state index contributed by atoms with van der Waals surface area (Å²) in [4.78, 5) is 22.7. The number of benzene rings is 3. The topological polar surface area (TPSA) is 139 Å². The Labute approximate surface area is 268 Å². The van der Waals surface area contributed by atoms with Gasteiger partial charge in [0.25, 0.3) is 0 Å². The van der Waals surface area contributed by atoms with Crippen LogP contribution in [0.5, 0.6) is 28.7 Å². The van der Waals surface area contributed by atoms with Crippen molar-refractivity contribution in [1.82, 2.24) is 9.97 Å². The Balaban J connectivity index is 1.29. The van der Waals surface area contributed by atoms with Crippen molar-refractivity contribution >= 4 is 57.0 Å². The molecule has 4 N–H and O–H groups in total. The second-order valence-corrected chi connectivity index (χ2v) is 11.2. The number of carbonyl (C=O) groups is 1. The van der Waals surface area contributed by atoms with E-state index in [2.05, 4.69) is 15.6 Å². The summed E-state index contributed by atoms with van der Waals surface area (Å²) in [5.74, 6) is 2.81. The van der Waals surface area contributed by atoms with Crippen LogP contribution in [0.15, 0.2) is 66.1 Å². The lowest BCUT2D eigenvalue weighted by Crippen LogP contribution is -2.07. The van der Waals surface area contributed by atoms with Gasteiger partial charge in [-0.3, -0.25) is 4.79 Å². The summed E-state index contributed by atoms with van der Waals surface area (Å²) in [5.41, 5.74) is 10.0. The fraction of sp³-hybridized carbons (Fsp3) is 0.156. The molecule has 0 unspecified atom stereocenters. The lowest BCUT2D eigenvalue weighted by atomic mass is 10.1. The number of nitrogens with two attached hydrogens (primary N) is 1. The van der Waals surface area contributed by atoms with E-state index in [1.54, 1.807) is 65.9 Å². The molecule has 0 aliphatic carbocycles. The number of ether oxygens (including phenoxy) is 5. The molecule has 0 saturated carbocycles. The predicted octanol–water partition coefficient (Wildman–Crippen LogP) is 6.95. The Hall–Kier alpha value is -5.27. The molecule has 0 saturated heterocycles. The van der Waals surface area contributed by atoms with E-state index in [1.165, 1.54) is 28.7 Å². The lowest BCUT2D eigenvalue weighted by molar-refractivity contribution is -0.111. The van der Waals surface area contributed by atoms with Crippen LogP contribution in [-0.4, -0.2) is 51.4 Å². The van der Waals surface area contributed by atoms with E-state index in [1.807, 2.05) is 35.7 Å². The van der Waals surface area contributed by atoms with Crippen molar-refractivity contribution in [3.8, 4) is 49.9 Å². The minimum Gasteiger partial charge on any atom is -0.493 e. The minimum atomic E-state index is -0.273. The first-order valence-corrected chi connectivity index (χ1v) is 15.2. The van der Waals surface area contributed by atoms with Crippen LogP contribution in [0.2, 0.25) is 0 Å². The third-order valence-electron chi connectivity index (χ3n) is 6.53. The zero-order valence-corrected chi connectivity index (χ0v) is 26.8. The average Bonchev–Trinajstić information content (AvgIpc) is 3.69. The van der Waals surface area contributed by atoms with Gasteiger partial charge in [0.15, 0.2) is 28.1 Å². The average molecular weight is 646 g/mol. The number of aromatic nitrogens is 2. The summed E-state index contributed by atoms with van der Waals surface area (Å²) < 4.78 is 26.9. The summed E-state index contributed by atoms with van der Waals surface area (Å²) in [7, 11) is 7.81. The highest BCUT2D eigenvalue weighted by molar-refractivity contribution is 7.23. The largest absolute Gasteiger partial charge is 0.493 e. The van der Waals surface area contributed by atoms with E-state index in [0.717, 1.165) is 26.7 Å². The molecular weight excluding hydrogens is 615 g/mol. The molecule has 3 aromatic carbocycles. The number of nitrogens with zero attached hydrogens (tertiary/aromatic N) is 2. The number of nitrogens with one attached hydrogen (secondary N) is 2. The first-order chi connectivity index (χ1) is 21.8. The van der Waals surface area contributed by atoms with Crippen LogP contribution in [0.25, 0.3) is 27.2 Å². The fourth-order valence-electron chi connectivity index (χ4n) is 4.39. The highest BCUT2D eigenvalue weighted by atomic mass is 32.1. The van der Waals surface area contributed by atoms with E-state index in [9.17, 15) is 4.79 Å². The standard InChI is InChI=1S/C32H31N5O6S2/c1-39-23-11-9-18(13-24(23)40-2)10-12-27(38)34-20-8-6-7-19(14-20)22-17-44-31(36-22)29-30(33)37-32(45-29)35-21-15-25(41-3)28(43-5)26(16-21)42-4/h6-17H,33H2,1-5H3,(H,34,38)(H,35,37). The van der Waals surface area contributed by atoms with Gasteiger partial charge in [0.2, 0.25) is 11.7 Å². The maximum Gasteiger partial charge on any atom is 0.248 e.